The van der Waals surface area contributed by atoms with Crippen molar-refractivity contribution in [3.63, 3.8) is 0 Å². The first-order valence-corrected chi connectivity index (χ1v) is 16.3. The Kier molecular flexibility index (Phi) is 17.2. The van der Waals surface area contributed by atoms with Gasteiger partial charge in [0.05, 0.1) is 34.4 Å². The molecular weight excluding hydrogens is 541 g/mol. The lowest BCUT2D eigenvalue weighted by Gasteiger charge is -2.24. The Morgan fingerprint density at radius 3 is 1.90 bits per heavy atom. The number of likely N-dealkylation sites (N-methyl/N-ethyl adjacent to an activating group) is 1. The van der Waals surface area contributed by atoms with E-state index in [1.165, 1.54) is 64.7 Å². The van der Waals surface area contributed by atoms with Crippen molar-refractivity contribution >= 4 is 25.3 Å². The first-order valence-electron chi connectivity index (χ1n) is 15.2. The van der Waals surface area contributed by atoms with Crippen LogP contribution < -0.4 is 9.47 Å². The predicted molar refractivity (Wildman–Crippen MR) is 166 cm³/mol. The molecular formula is C32H53NO7P+. The van der Waals surface area contributed by atoms with Crippen LogP contribution in [-0.4, -0.2) is 75.6 Å². The molecule has 2 atom stereocenters. The van der Waals surface area contributed by atoms with Crippen molar-refractivity contribution in [2.24, 2.45) is 0 Å². The van der Waals surface area contributed by atoms with E-state index in [-0.39, 0.29) is 13.2 Å². The molecule has 0 aliphatic heterocycles. The van der Waals surface area contributed by atoms with Crippen molar-refractivity contribution in [3.05, 3.63) is 36.4 Å². The van der Waals surface area contributed by atoms with Crippen LogP contribution in [0.3, 0.4) is 0 Å². The summed E-state index contributed by atoms with van der Waals surface area (Å²) in [6.07, 6.45) is 12.2. The molecule has 232 valence electrons. The molecule has 9 heteroatoms. The molecule has 41 heavy (non-hydrogen) atoms. The van der Waals surface area contributed by atoms with Crippen LogP contribution in [0.2, 0.25) is 0 Å². The zero-order valence-electron chi connectivity index (χ0n) is 25.9. The molecule has 0 aliphatic rings. The number of nitrogens with zero attached hydrogens (tertiary/aromatic N) is 1. The molecule has 0 heterocycles. The van der Waals surface area contributed by atoms with E-state index in [1.807, 2.05) is 57.5 Å². The maximum absolute atomic E-state index is 11.7. The van der Waals surface area contributed by atoms with E-state index in [2.05, 4.69) is 6.92 Å². The number of hydrogen-bond donors (Lipinski definition) is 1. The lowest BCUT2D eigenvalue weighted by molar-refractivity contribution is -0.870. The van der Waals surface area contributed by atoms with Gasteiger partial charge in [0, 0.05) is 17.7 Å². The summed E-state index contributed by atoms with van der Waals surface area (Å²) in [5.74, 6) is 1.05. The van der Waals surface area contributed by atoms with Gasteiger partial charge < -0.3 is 32.6 Å². The molecule has 0 fully saturated rings. The number of hydrogen-bond acceptors (Lipinski definition) is 7. The highest BCUT2D eigenvalue weighted by Gasteiger charge is 2.19. The fourth-order valence-corrected chi connectivity index (χ4v) is 4.99. The zero-order chi connectivity index (χ0) is 29.9. The van der Waals surface area contributed by atoms with Gasteiger partial charge in [0.15, 0.2) is 6.10 Å². The van der Waals surface area contributed by atoms with Gasteiger partial charge in [-0.05, 0) is 18.6 Å². The summed E-state index contributed by atoms with van der Waals surface area (Å²) in [4.78, 5) is 21.7. The Balaban J connectivity index is 1.82. The third-order valence-electron chi connectivity index (χ3n) is 6.69. The lowest BCUT2D eigenvalue weighted by atomic mass is 10.1. The van der Waals surface area contributed by atoms with Crippen LogP contribution in [0.5, 0.6) is 11.5 Å². The van der Waals surface area contributed by atoms with Crippen LogP contribution in [0.4, 0.5) is 0 Å². The summed E-state index contributed by atoms with van der Waals surface area (Å²) in [6.45, 7) is 5.41. The highest BCUT2D eigenvalue weighted by Crippen LogP contribution is 2.34. The number of rotatable bonds is 23. The minimum absolute atomic E-state index is 0.0376. The van der Waals surface area contributed by atoms with E-state index >= 15 is 0 Å². The number of quaternary nitrogens is 1. The van der Waals surface area contributed by atoms with Gasteiger partial charge in [-0.25, -0.2) is 0 Å². The molecule has 0 saturated carbocycles. The topological polar surface area (TPSA) is 83.5 Å². The number of carbonyl (C=O) groups excluding carboxylic acids is 1. The van der Waals surface area contributed by atoms with Crippen molar-refractivity contribution in [2.75, 3.05) is 54.1 Å². The van der Waals surface area contributed by atoms with Crippen LogP contribution in [0.1, 0.15) is 78.1 Å². The number of unbranched alkanes of at least 4 members (excludes halogenated alkanes) is 9. The maximum Gasteiger partial charge on any atom is 0.330 e. The normalized spacial score (nSPS) is 13.2. The van der Waals surface area contributed by atoms with Crippen molar-refractivity contribution < 1.29 is 37.4 Å². The fourth-order valence-electron chi connectivity index (χ4n) is 4.39. The van der Waals surface area contributed by atoms with Gasteiger partial charge in [0.1, 0.15) is 31.3 Å². The van der Waals surface area contributed by atoms with Crippen molar-refractivity contribution in [1.82, 2.24) is 0 Å². The van der Waals surface area contributed by atoms with Crippen LogP contribution >= 0.6 is 8.60 Å². The SMILES string of the molecule is CCCCCCCCCCCCOc1cccc2c(OCC(COP(O)OCC[N+](C)(C)C)OC(C)=O)cccc12. The van der Waals surface area contributed by atoms with Crippen molar-refractivity contribution in [1.29, 1.82) is 0 Å². The average molecular weight is 595 g/mol. The van der Waals surface area contributed by atoms with Crippen LogP contribution in [-0.2, 0) is 18.6 Å². The molecule has 2 rings (SSSR count). The maximum atomic E-state index is 11.7. The van der Waals surface area contributed by atoms with E-state index in [1.54, 1.807) is 0 Å². The predicted octanol–water partition coefficient (Wildman–Crippen LogP) is 7.41. The molecule has 0 radical (unpaired) electrons. The number of ether oxygens (including phenoxy) is 3. The molecule has 0 spiro atoms. The summed E-state index contributed by atoms with van der Waals surface area (Å²) < 4.78 is 29.1. The molecule has 0 saturated heterocycles. The molecule has 0 bridgehead atoms. The second-order valence-corrected chi connectivity index (χ2v) is 12.6. The zero-order valence-corrected chi connectivity index (χ0v) is 26.8. The monoisotopic (exact) mass is 594 g/mol. The molecule has 2 aromatic carbocycles. The Morgan fingerprint density at radius 1 is 0.780 bits per heavy atom. The second-order valence-electron chi connectivity index (χ2n) is 11.6. The van der Waals surface area contributed by atoms with Gasteiger partial charge in [0.25, 0.3) is 0 Å². The fraction of sp³-hybridized carbons (Fsp3) is 0.656. The highest BCUT2D eigenvalue weighted by atomic mass is 31.2. The van der Waals surface area contributed by atoms with E-state index in [4.69, 9.17) is 23.3 Å². The summed E-state index contributed by atoms with van der Waals surface area (Å²) in [6, 6.07) is 11.8. The standard InChI is InChI=1S/C32H53NO7P/c1-6-7-8-9-10-11-12-13-14-15-23-36-31-20-16-19-30-29(31)18-17-21-32(30)37-25-28(40-27(2)34)26-39-41(35)38-24-22-33(3,4)5/h16-21,28,35H,6-15,22-26H2,1-5H3/q+1. The summed E-state index contributed by atoms with van der Waals surface area (Å²) in [5.41, 5.74) is 0. The molecule has 1 N–H and O–H groups in total. The molecule has 8 nitrogen and oxygen atoms in total. The van der Waals surface area contributed by atoms with Crippen LogP contribution in [0, 0.1) is 0 Å². The number of fused-ring (bicyclic) bond motifs is 1. The van der Waals surface area contributed by atoms with Crippen LogP contribution in [0.15, 0.2) is 36.4 Å². The molecule has 2 aromatic rings. The van der Waals surface area contributed by atoms with Gasteiger partial charge in [-0.15, -0.1) is 0 Å². The number of carbonyl (C=O) groups is 1. The Labute approximate surface area is 248 Å². The first kappa shape index (κ1) is 35.2. The minimum atomic E-state index is -2.08. The number of benzene rings is 2. The van der Waals surface area contributed by atoms with Gasteiger partial charge in [-0.2, -0.15) is 0 Å². The largest absolute Gasteiger partial charge is 0.493 e. The summed E-state index contributed by atoms with van der Waals surface area (Å²) in [7, 11) is 4.04. The highest BCUT2D eigenvalue weighted by molar-refractivity contribution is 7.40. The van der Waals surface area contributed by atoms with E-state index in [9.17, 15) is 9.69 Å². The van der Waals surface area contributed by atoms with Crippen molar-refractivity contribution in [3.8, 4) is 11.5 Å². The lowest BCUT2D eigenvalue weighted by Crippen LogP contribution is -2.37. The third-order valence-corrected chi connectivity index (χ3v) is 7.46. The summed E-state index contributed by atoms with van der Waals surface area (Å²) >= 11 is 0. The Hall–Kier alpha value is -1.96. The number of esters is 1. The first-order chi connectivity index (χ1) is 19.7. The van der Waals surface area contributed by atoms with Gasteiger partial charge in [0.2, 0.25) is 0 Å². The quantitative estimate of drug-likeness (QED) is 0.0621. The molecule has 0 amide bonds. The van der Waals surface area contributed by atoms with Crippen LogP contribution in [0.25, 0.3) is 10.8 Å². The minimum Gasteiger partial charge on any atom is -0.493 e. The van der Waals surface area contributed by atoms with Gasteiger partial charge >= 0.3 is 14.6 Å². The van der Waals surface area contributed by atoms with E-state index < -0.39 is 20.7 Å². The molecule has 2 unspecified atom stereocenters. The summed E-state index contributed by atoms with van der Waals surface area (Å²) in [5, 5.41) is 1.89. The molecule has 0 aromatic heterocycles. The molecule has 0 aliphatic carbocycles. The average Bonchev–Trinajstić information content (AvgIpc) is 2.92. The Bertz CT molecular complexity index is 998. The second kappa shape index (κ2) is 20.0. The van der Waals surface area contributed by atoms with E-state index in [0.717, 1.165) is 29.5 Å². The van der Waals surface area contributed by atoms with Gasteiger partial charge in [-0.1, -0.05) is 89.0 Å². The van der Waals surface area contributed by atoms with E-state index in [0.29, 0.717) is 23.4 Å². The Morgan fingerprint density at radius 2 is 1.34 bits per heavy atom. The van der Waals surface area contributed by atoms with Gasteiger partial charge in [-0.3, -0.25) is 4.79 Å². The van der Waals surface area contributed by atoms with Crippen molar-refractivity contribution in [2.45, 2.75) is 84.2 Å². The third kappa shape index (κ3) is 15.7. The smallest absolute Gasteiger partial charge is 0.330 e.